The van der Waals surface area contributed by atoms with Gasteiger partial charge in [0.25, 0.3) is 5.91 Å². The van der Waals surface area contributed by atoms with E-state index in [9.17, 15) is 27.6 Å². The van der Waals surface area contributed by atoms with Gasteiger partial charge in [-0.2, -0.15) is 18.2 Å². The van der Waals surface area contributed by atoms with Crippen LogP contribution in [0.1, 0.15) is 78.1 Å². The quantitative estimate of drug-likeness (QED) is 0.175. The molecule has 0 spiro atoms. The maximum absolute atomic E-state index is 14.2. The summed E-state index contributed by atoms with van der Waals surface area (Å²) in [5.41, 5.74) is 1.59. The van der Waals surface area contributed by atoms with E-state index in [0.29, 0.717) is 36.7 Å². The molecular weight excluding hydrogens is 640 g/mol. The summed E-state index contributed by atoms with van der Waals surface area (Å²) >= 11 is 0. The molecule has 1 saturated carbocycles. The standard InChI is InChI=1S/C31H38F3N6O6P/c1-5-45-47(43,46-6-2)17-18-13-25(44-4)28(35-14-18)39-30-36-15-23(31(32,33)34)27(38-30)37-24-12-11-21(19-7-9-20(41)10-8-19)22-16-40(3)29(42)26(22)24/h11-15,19-20,41H,5-10,16-17H2,1-4H3,(H2,35,36,37,38,39)/t19-,20-. The Labute approximate surface area is 270 Å². The van der Waals surface area contributed by atoms with Gasteiger partial charge in [-0.05, 0) is 74.3 Å². The summed E-state index contributed by atoms with van der Waals surface area (Å²) in [4.78, 5) is 27.1. The van der Waals surface area contributed by atoms with Crippen molar-refractivity contribution in [3.8, 4) is 5.75 Å². The van der Waals surface area contributed by atoms with Gasteiger partial charge in [0.2, 0.25) is 5.95 Å². The van der Waals surface area contributed by atoms with Crippen LogP contribution in [0.3, 0.4) is 0 Å². The van der Waals surface area contributed by atoms with Crippen molar-refractivity contribution in [3.05, 3.63) is 58.4 Å². The molecule has 254 valence electrons. The van der Waals surface area contributed by atoms with Crippen molar-refractivity contribution >= 4 is 36.8 Å². The number of aliphatic hydroxyl groups is 1. The Kier molecular flexibility index (Phi) is 10.4. The number of nitrogens with zero attached hydrogens (tertiary/aromatic N) is 4. The number of fused-ring (bicyclic) bond motifs is 1. The van der Waals surface area contributed by atoms with Gasteiger partial charge < -0.3 is 34.4 Å². The first kappa shape index (κ1) is 34.6. The van der Waals surface area contributed by atoms with Crippen molar-refractivity contribution in [2.45, 2.75) is 70.4 Å². The minimum atomic E-state index is -4.81. The number of aromatic nitrogens is 3. The van der Waals surface area contributed by atoms with E-state index in [2.05, 4.69) is 25.6 Å². The zero-order valence-corrected chi connectivity index (χ0v) is 27.5. The van der Waals surface area contributed by atoms with E-state index in [4.69, 9.17) is 13.8 Å². The van der Waals surface area contributed by atoms with Crippen molar-refractivity contribution in [1.29, 1.82) is 0 Å². The number of carbonyl (C=O) groups excluding carboxylic acids is 1. The van der Waals surface area contributed by atoms with Crippen LogP contribution in [-0.4, -0.2) is 64.3 Å². The third kappa shape index (κ3) is 7.69. The van der Waals surface area contributed by atoms with Crippen LogP contribution in [0.15, 0.2) is 30.6 Å². The number of nitrogens with one attached hydrogen (secondary N) is 2. The molecule has 0 unspecified atom stereocenters. The second-order valence-electron chi connectivity index (χ2n) is 11.4. The van der Waals surface area contributed by atoms with E-state index in [1.807, 2.05) is 6.07 Å². The minimum Gasteiger partial charge on any atom is -0.493 e. The average Bonchev–Trinajstić information content (AvgIpc) is 3.32. The lowest BCUT2D eigenvalue weighted by Gasteiger charge is -2.27. The fourth-order valence-corrected chi connectivity index (χ4v) is 7.66. The Morgan fingerprint density at radius 1 is 1.04 bits per heavy atom. The van der Waals surface area contributed by atoms with Gasteiger partial charge in [-0.25, -0.2) is 9.97 Å². The molecule has 1 aromatic carbocycles. The van der Waals surface area contributed by atoms with E-state index in [-0.39, 0.29) is 60.5 Å². The SMILES string of the molecule is CCOP(=O)(Cc1cnc(Nc2ncc(C(F)(F)F)c(Nc3ccc([C@H]4CC[C@H](O)CC4)c4c3C(=O)N(C)C4)n2)c(OC)c1)OCC. The van der Waals surface area contributed by atoms with Crippen LogP contribution < -0.4 is 15.4 Å². The number of anilines is 4. The first-order chi connectivity index (χ1) is 22.4. The first-order valence-corrected chi connectivity index (χ1v) is 17.1. The Morgan fingerprint density at radius 2 is 1.74 bits per heavy atom. The molecule has 0 saturated heterocycles. The van der Waals surface area contributed by atoms with Crippen molar-refractivity contribution in [2.24, 2.45) is 0 Å². The number of hydrogen-bond acceptors (Lipinski definition) is 11. The van der Waals surface area contributed by atoms with Crippen molar-refractivity contribution in [2.75, 3.05) is 38.0 Å². The number of pyridine rings is 1. The summed E-state index contributed by atoms with van der Waals surface area (Å²) < 4.78 is 71.6. The van der Waals surface area contributed by atoms with Crippen molar-refractivity contribution in [3.63, 3.8) is 0 Å². The third-order valence-electron chi connectivity index (χ3n) is 8.18. The fourth-order valence-electron chi connectivity index (χ4n) is 6.00. The van der Waals surface area contributed by atoms with Gasteiger partial charge in [0.15, 0.2) is 11.6 Å². The summed E-state index contributed by atoms with van der Waals surface area (Å²) in [6.07, 6.45) is -0.338. The van der Waals surface area contributed by atoms with Crippen LogP contribution in [-0.2, 0) is 32.5 Å². The molecule has 16 heteroatoms. The van der Waals surface area contributed by atoms with Crippen LogP contribution >= 0.6 is 7.60 Å². The van der Waals surface area contributed by atoms with E-state index in [1.165, 1.54) is 18.2 Å². The Balaban J connectivity index is 1.46. The van der Waals surface area contributed by atoms with E-state index >= 15 is 0 Å². The highest BCUT2D eigenvalue weighted by Crippen LogP contribution is 2.51. The molecule has 1 fully saturated rings. The monoisotopic (exact) mass is 678 g/mol. The number of halogens is 3. The highest BCUT2D eigenvalue weighted by Gasteiger charge is 2.37. The van der Waals surface area contributed by atoms with E-state index in [0.717, 1.165) is 24.0 Å². The lowest BCUT2D eigenvalue weighted by Crippen LogP contribution is -2.18. The van der Waals surface area contributed by atoms with Crippen LogP contribution in [0.5, 0.6) is 5.75 Å². The molecule has 3 aromatic rings. The number of amides is 1. The molecule has 1 amide bonds. The van der Waals surface area contributed by atoms with Gasteiger partial charge in [-0.3, -0.25) is 9.36 Å². The second-order valence-corrected chi connectivity index (χ2v) is 13.5. The molecule has 1 aliphatic heterocycles. The number of methoxy groups -OCH3 is 1. The lowest BCUT2D eigenvalue weighted by atomic mass is 9.80. The molecule has 12 nitrogen and oxygen atoms in total. The number of carbonyl (C=O) groups is 1. The molecule has 2 aromatic heterocycles. The average molecular weight is 679 g/mol. The van der Waals surface area contributed by atoms with Crippen LogP contribution in [0.4, 0.5) is 36.4 Å². The zero-order valence-electron chi connectivity index (χ0n) is 26.6. The van der Waals surface area contributed by atoms with Gasteiger partial charge in [-0.1, -0.05) is 6.07 Å². The molecule has 47 heavy (non-hydrogen) atoms. The molecule has 0 bridgehead atoms. The summed E-state index contributed by atoms with van der Waals surface area (Å²) in [6.45, 7) is 4.10. The predicted octanol–water partition coefficient (Wildman–Crippen LogP) is 6.76. The van der Waals surface area contributed by atoms with Gasteiger partial charge >= 0.3 is 13.8 Å². The topological polar surface area (TPSA) is 148 Å². The number of benzene rings is 1. The molecule has 1 aliphatic carbocycles. The largest absolute Gasteiger partial charge is 0.493 e. The highest BCUT2D eigenvalue weighted by atomic mass is 31.2. The molecule has 0 atom stereocenters. The molecule has 5 rings (SSSR count). The van der Waals surface area contributed by atoms with Crippen LogP contribution in [0, 0.1) is 0 Å². The van der Waals surface area contributed by atoms with Crippen LogP contribution in [0.2, 0.25) is 0 Å². The second kappa shape index (κ2) is 14.1. The maximum atomic E-state index is 14.2. The molecule has 3 N–H and O–H groups in total. The van der Waals surface area contributed by atoms with Crippen LogP contribution in [0.25, 0.3) is 0 Å². The van der Waals surface area contributed by atoms with Crippen molar-refractivity contribution < 1.29 is 41.4 Å². The predicted molar refractivity (Wildman–Crippen MR) is 168 cm³/mol. The molecule has 0 radical (unpaired) electrons. The maximum Gasteiger partial charge on any atom is 0.421 e. The molecule has 2 aliphatic rings. The first-order valence-electron chi connectivity index (χ1n) is 15.3. The lowest BCUT2D eigenvalue weighted by molar-refractivity contribution is -0.137. The number of alkyl halides is 3. The molecule has 3 heterocycles. The molecular formula is C31H38F3N6O6P. The Morgan fingerprint density at radius 3 is 2.38 bits per heavy atom. The number of aliphatic hydroxyl groups excluding tert-OH is 1. The third-order valence-corrected chi connectivity index (χ3v) is 10.2. The van der Waals surface area contributed by atoms with Crippen molar-refractivity contribution in [1.82, 2.24) is 19.9 Å². The number of rotatable bonds is 12. The Hall–Kier alpha value is -3.78. The summed E-state index contributed by atoms with van der Waals surface area (Å²) in [7, 11) is -0.410. The summed E-state index contributed by atoms with van der Waals surface area (Å²) in [5.74, 6) is -0.654. The summed E-state index contributed by atoms with van der Waals surface area (Å²) in [5, 5.41) is 15.5. The fraction of sp³-hybridized carbons (Fsp3) is 0.484. The van der Waals surface area contributed by atoms with Gasteiger partial charge in [-0.15, -0.1) is 0 Å². The van der Waals surface area contributed by atoms with E-state index in [1.54, 1.807) is 33.0 Å². The van der Waals surface area contributed by atoms with Gasteiger partial charge in [0, 0.05) is 26.0 Å². The Bertz CT molecular complexity index is 1660. The van der Waals surface area contributed by atoms with Gasteiger partial charge in [0.1, 0.15) is 11.4 Å². The summed E-state index contributed by atoms with van der Waals surface area (Å²) in [6, 6.07) is 5.01. The zero-order chi connectivity index (χ0) is 33.9. The van der Waals surface area contributed by atoms with E-state index < -0.39 is 25.2 Å². The smallest absolute Gasteiger partial charge is 0.421 e. The normalized spacial score (nSPS) is 18.3. The minimum absolute atomic E-state index is 0.0666. The van der Waals surface area contributed by atoms with Gasteiger partial charge in [0.05, 0.1) is 43.8 Å². The number of hydrogen-bond donors (Lipinski definition) is 3. The number of ether oxygens (including phenoxy) is 1. The highest BCUT2D eigenvalue weighted by molar-refractivity contribution is 7.53.